The lowest BCUT2D eigenvalue weighted by Gasteiger charge is -2.34. The molecule has 0 atom stereocenters. The molecule has 1 aliphatic carbocycles. The quantitative estimate of drug-likeness (QED) is 0.140. The maximum absolute atomic E-state index is 2.45. The number of hydrogen-bond donors (Lipinski definition) is 0. The highest BCUT2D eigenvalue weighted by Gasteiger charge is 2.43. The number of fused-ring (bicyclic) bond motifs is 3. The third kappa shape index (κ3) is 6.62. The second-order valence-electron chi connectivity index (χ2n) is 14.9. The van der Waals surface area contributed by atoms with Gasteiger partial charge in [0, 0.05) is 39.5 Å². The summed E-state index contributed by atoms with van der Waals surface area (Å²) in [6, 6.07) is 75.3. The van der Waals surface area contributed by atoms with E-state index >= 15 is 0 Å². The Balaban J connectivity index is 1.13. The summed E-state index contributed by atoms with van der Waals surface area (Å²) in [5, 5.41) is 0. The van der Waals surface area contributed by atoms with Crippen LogP contribution in [0.15, 0.2) is 206 Å². The van der Waals surface area contributed by atoms with E-state index in [0.29, 0.717) is 0 Å². The summed E-state index contributed by atoms with van der Waals surface area (Å²) in [4.78, 5) is 4.67. The Morgan fingerprint density at radius 3 is 0.927 bits per heavy atom. The minimum Gasteiger partial charge on any atom is -0.311 e. The normalized spacial score (nSPS) is 12.5. The smallest absolute Gasteiger partial charge is 0.0461 e. The largest absolute Gasteiger partial charge is 0.311 e. The molecule has 9 rings (SSSR count). The maximum Gasteiger partial charge on any atom is 0.0461 e. The van der Waals surface area contributed by atoms with Crippen molar-refractivity contribution in [3.05, 3.63) is 240 Å². The third-order valence-electron chi connectivity index (χ3n) is 11.1. The van der Waals surface area contributed by atoms with E-state index in [1.54, 1.807) is 0 Å². The third-order valence-corrected chi connectivity index (χ3v) is 11.1. The molecule has 8 aromatic carbocycles. The van der Waals surface area contributed by atoms with Crippen LogP contribution in [0.3, 0.4) is 0 Å². The number of rotatable bonds is 10. The SMILES string of the molecule is Cc1ccc2c(c1)C(Cc1ccc(N(c3ccccc3)c3ccccc3)cc1)(Cc1ccc(N(c3ccccc3)c3ccccc3)cc1)c1cc(C)ccc1-2. The number of nitrogens with zero attached hydrogens (tertiary/aromatic N) is 2. The lowest BCUT2D eigenvalue weighted by Crippen LogP contribution is -2.31. The van der Waals surface area contributed by atoms with Gasteiger partial charge >= 0.3 is 0 Å². The molecule has 8 aromatic rings. The van der Waals surface area contributed by atoms with Crippen LogP contribution in [-0.2, 0) is 18.3 Å². The molecule has 2 nitrogen and oxygen atoms in total. The first kappa shape index (κ1) is 34.1. The highest BCUT2D eigenvalue weighted by Crippen LogP contribution is 2.53. The molecule has 0 aromatic heterocycles. The molecule has 0 aliphatic heterocycles. The first-order valence-electron chi connectivity index (χ1n) is 19.3. The molecule has 2 heteroatoms. The minimum atomic E-state index is -0.247. The van der Waals surface area contributed by atoms with Crippen LogP contribution < -0.4 is 9.80 Å². The predicted octanol–water partition coefficient (Wildman–Crippen LogP) is 14.0. The first-order chi connectivity index (χ1) is 27.1. The molecule has 0 fully saturated rings. The van der Waals surface area contributed by atoms with Gasteiger partial charge in [-0.05, 0) is 133 Å². The standard InChI is InChI=1S/C53H44N2/c1-39-23-33-49-50-34-24-40(2)36-52(50)53(51(49)35-39,37-41-25-29-47(30-26-41)54(43-15-7-3-8-16-43)44-17-9-4-10-18-44)38-42-27-31-48(32-28-42)55(45-19-11-5-12-20-45)46-21-13-6-14-22-46/h3-36H,37-38H2,1-2H3. The molecule has 0 amide bonds. The van der Waals surface area contributed by atoms with Crippen LogP contribution in [0, 0.1) is 13.8 Å². The second kappa shape index (κ2) is 14.6. The molecule has 0 saturated carbocycles. The van der Waals surface area contributed by atoms with Gasteiger partial charge < -0.3 is 9.80 Å². The van der Waals surface area contributed by atoms with Crippen molar-refractivity contribution in [2.45, 2.75) is 32.1 Å². The van der Waals surface area contributed by atoms with E-state index in [0.717, 1.165) is 47.0 Å². The van der Waals surface area contributed by atoms with Crippen LogP contribution >= 0.6 is 0 Å². The summed E-state index contributed by atoms with van der Waals surface area (Å²) in [6.45, 7) is 4.46. The Morgan fingerprint density at radius 1 is 0.327 bits per heavy atom. The van der Waals surface area contributed by atoms with Crippen molar-refractivity contribution in [2.75, 3.05) is 9.80 Å². The van der Waals surface area contributed by atoms with Gasteiger partial charge in [-0.15, -0.1) is 0 Å². The molecule has 0 N–H and O–H groups in total. The van der Waals surface area contributed by atoms with Crippen LogP contribution in [0.5, 0.6) is 0 Å². The van der Waals surface area contributed by atoms with Gasteiger partial charge in [0.25, 0.3) is 0 Å². The second-order valence-corrected chi connectivity index (χ2v) is 14.9. The first-order valence-corrected chi connectivity index (χ1v) is 19.3. The van der Waals surface area contributed by atoms with Crippen molar-refractivity contribution in [3.63, 3.8) is 0 Å². The summed E-state index contributed by atoms with van der Waals surface area (Å²) < 4.78 is 0. The maximum atomic E-state index is 2.45. The number of anilines is 6. The van der Waals surface area contributed by atoms with Gasteiger partial charge in [0.2, 0.25) is 0 Å². The van der Waals surface area contributed by atoms with Gasteiger partial charge in [-0.3, -0.25) is 0 Å². The highest BCUT2D eigenvalue weighted by molar-refractivity contribution is 5.83. The van der Waals surface area contributed by atoms with E-state index in [1.165, 1.54) is 44.5 Å². The minimum absolute atomic E-state index is 0.247. The average Bonchev–Trinajstić information content (AvgIpc) is 3.48. The van der Waals surface area contributed by atoms with Gasteiger partial charge in [-0.2, -0.15) is 0 Å². The topological polar surface area (TPSA) is 6.48 Å². The summed E-state index contributed by atoms with van der Waals surface area (Å²) in [5.74, 6) is 0. The van der Waals surface area contributed by atoms with Crippen LogP contribution in [0.4, 0.5) is 34.1 Å². The van der Waals surface area contributed by atoms with Crippen molar-refractivity contribution >= 4 is 34.1 Å². The van der Waals surface area contributed by atoms with Crippen LogP contribution in [0.1, 0.15) is 33.4 Å². The summed E-state index contributed by atoms with van der Waals surface area (Å²) >= 11 is 0. The van der Waals surface area contributed by atoms with E-state index in [4.69, 9.17) is 0 Å². The number of benzene rings is 8. The van der Waals surface area contributed by atoms with Crippen LogP contribution in [0.2, 0.25) is 0 Å². The molecule has 0 spiro atoms. The van der Waals surface area contributed by atoms with E-state index < -0.39 is 0 Å². The van der Waals surface area contributed by atoms with E-state index in [2.05, 4.69) is 230 Å². The fourth-order valence-corrected chi connectivity index (χ4v) is 8.59. The summed E-state index contributed by atoms with van der Waals surface area (Å²) in [5.41, 5.74) is 17.4. The predicted molar refractivity (Wildman–Crippen MR) is 232 cm³/mol. The fourth-order valence-electron chi connectivity index (χ4n) is 8.59. The Bertz CT molecular complexity index is 2270. The van der Waals surface area contributed by atoms with E-state index in [1.807, 2.05) is 0 Å². The number of aryl methyl sites for hydroxylation is 2. The van der Waals surface area contributed by atoms with Crippen molar-refractivity contribution in [1.29, 1.82) is 0 Å². The Kier molecular flexibility index (Phi) is 9.09. The van der Waals surface area contributed by atoms with E-state index in [9.17, 15) is 0 Å². The lowest BCUT2D eigenvalue weighted by atomic mass is 9.69. The lowest BCUT2D eigenvalue weighted by molar-refractivity contribution is 0.519. The zero-order chi connectivity index (χ0) is 37.2. The van der Waals surface area contributed by atoms with Crippen molar-refractivity contribution in [3.8, 4) is 11.1 Å². The molecular weight excluding hydrogens is 665 g/mol. The Hall–Kier alpha value is -6.64. The summed E-state index contributed by atoms with van der Waals surface area (Å²) in [7, 11) is 0. The zero-order valence-corrected chi connectivity index (χ0v) is 31.4. The van der Waals surface area contributed by atoms with Gasteiger partial charge in [0.1, 0.15) is 0 Å². The van der Waals surface area contributed by atoms with Crippen LogP contribution in [-0.4, -0.2) is 0 Å². The van der Waals surface area contributed by atoms with Crippen molar-refractivity contribution < 1.29 is 0 Å². The monoisotopic (exact) mass is 708 g/mol. The number of hydrogen-bond acceptors (Lipinski definition) is 2. The molecular formula is C53H44N2. The van der Waals surface area contributed by atoms with Gasteiger partial charge in [0.15, 0.2) is 0 Å². The molecule has 0 heterocycles. The van der Waals surface area contributed by atoms with Crippen LogP contribution in [0.25, 0.3) is 11.1 Å². The highest BCUT2D eigenvalue weighted by atomic mass is 15.1. The molecule has 0 bridgehead atoms. The van der Waals surface area contributed by atoms with Gasteiger partial charge in [0.05, 0.1) is 0 Å². The Labute approximate surface area is 325 Å². The van der Waals surface area contributed by atoms with Gasteiger partial charge in [-0.1, -0.05) is 145 Å². The fraction of sp³-hybridized carbons (Fsp3) is 0.0943. The summed E-state index contributed by atoms with van der Waals surface area (Å²) in [6.07, 6.45) is 1.78. The molecule has 1 aliphatic rings. The average molecular weight is 709 g/mol. The molecule has 55 heavy (non-hydrogen) atoms. The molecule has 0 radical (unpaired) electrons. The van der Waals surface area contributed by atoms with Gasteiger partial charge in [-0.25, -0.2) is 0 Å². The molecule has 0 unspecified atom stereocenters. The molecule has 0 saturated heterocycles. The van der Waals surface area contributed by atoms with E-state index in [-0.39, 0.29) is 5.41 Å². The molecule has 266 valence electrons. The Morgan fingerprint density at radius 2 is 0.618 bits per heavy atom. The van der Waals surface area contributed by atoms with Crippen molar-refractivity contribution in [2.24, 2.45) is 0 Å². The zero-order valence-electron chi connectivity index (χ0n) is 31.4. The number of para-hydroxylation sites is 4. The van der Waals surface area contributed by atoms with Crippen molar-refractivity contribution in [1.82, 2.24) is 0 Å².